The van der Waals surface area contributed by atoms with Gasteiger partial charge in [-0.1, -0.05) is 0 Å². The van der Waals surface area contributed by atoms with Crippen LogP contribution in [-0.2, 0) is 0 Å². The van der Waals surface area contributed by atoms with Crippen molar-refractivity contribution in [3.05, 3.63) is 0 Å². The molecule has 0 atom stereocenters. The van der Waals surface area contributed by atoms with Gasteiger partial charge < -0.3 is 10.6 Å². The fourth-order valence-electron chi connectivity index (χ4n) is 0.490. The zero-order chi connectivity index (χ0) is 7.82. The minimum atomic E-state index is -0.0726. The molecule has 2 amide bonds. The van der Waals surface area contributed by atoms with Gasteiger partial charge in [-0.3, -0.25) is 0 Å². The van der Waals surface area contributed by atoms with Crippen molar-refractivity contribution < 1.29 is 4.79 Å². The molecule has 10 heavy (non-hydrogen) atoms. The molecule has 2 N–H and O–H groups in total. The van der Waals surface area contributed by atoms with Crippen LogP contribution in [0.15, 0.2) is 0 Å². The Morgan fingerprint density at radius 3 is 2.70 bits per heavy atom. The summed E-state index contributed by atoms with van der Waals surface area (Å²) < 4.78 is 0. The first-order valence-electron chi connectivity index (χ1n) is 3.32. The van der Waals surface area contributed by atoms with Crippen LogP contribution in [-0.4, -0.2) is 31.1 Å². The second-order valence-electron chi connectivity index (χ2n) is 1.78. The van der Waals surface area contributed by atoms with Gasteiger partial charge in [-0.25, -0.2) is 4.79 Å². The van der Waals surface area contributed by atoms with Crippen LogP contribution in [0.4, 0.5) is 4.79 Å². The third-order valence-electron chi connectivity index (χ3n) is 0.929. The maximum atomic E-state index is 10.7. The molecule has 3 nitrogen and oxygen atoms in total. The molecule has 0 aromatic heterocycles. The van der Waals surface area contributed by atoms with Gasteiger partial charge >= 0.3 is 6.03 Å². The van der Waals surface area contributed by atoms with Gasteiger partial charge in [-0.05, 0) is 13.2 Å². The van der Waals surface area contributed by atoms with E-state index in [4.69, 9.17) is 0 Å². The average Bonchev–Trinajstić information content (AvgIpc) is 1.89. The predicted molar refractivity (Wildman–Crippen MR) is 45.5 cm³/mol. The Balaban J connectivity index is 3.05. The Morgan fingerprint density at radius 2 is 2.20 bits per heavy atom. The van der Waals surface area contributed by atoms with Gasteiger partial charge in [0.25, 0.3) is 0 Å². The van der Waals surface area contributed by atoms with Gasteiger partial charge in [0.2, 0.25) is 0 Å². The third kappa shape index (κ3) is 5.75. The van der Waals surface area contributed by atoms with E-state index in [2.05, 4.69) is 10.6 Å². The molecule has 60 valence electrons. The topological polar surface area (TPSA) is 41.1 Å². The van der Waals surface area contributed by atoms with Gasteiger partial charge in [-0.2, -0.15) is 11.8 Å². The average molecular weight is 162 g/mol. The molecule has 0 aliphatic rings. The van der Waals surface area contributed by atoms with Crippen molar-refractivity contribution in [1.82, 2.24) is 10.6 Å². The number of nitrogens with one attached hydrogen (secondary N) is 2. The van der Waals surface area contributed by atoms with Gasteiger partial charge in [0, 0.05) is 18.8 Å². The van der Waals surface area contributed by atoms with Crippen LogP contribution < -0.4 is 10.6 Å². The highest BCUT2D eigenvalue weighted by Gasteiger charge is 1.93. The molecule has 0 rings (SSSR count). The maximum Gasteiger partial charge on any atom is 0.314 e. The van der Waals surface area contributed by atoms with Crippen molar-refractivity contribution in [1.29, 1.82) is 0 Å². The molecule has 0 saturated heterocycles. The fourth-order valence-corrected chi connectivity index (χ4v) is 0.796. The Morgan fingerprint density at radius 1 is 1.50 bits per heavy atom. The zero-order valence-electron chi connectivity index (χ0n) is 6.44. The monoisotopic (exact) mass is 162 g/mol. The van der Waals surface area contributed by atoms with E-state index in [1.54, 1.807) is 11.8 Å². The first-order chi connectivity index (χ1) is 4.81. The number of amides is 2. The van der Waals surface area contributed by atoms with E-state index in [-0.39, 0.29) is 6.03 Å². The molecular weight excluding hydrogens is 148 g/mol. The fraction of sp³-hybridized carbons (Fsp3) is 0.833. The first-order valence-corrected chi connectivity index (χ1v) is 4.71. The lowest BCUT2D eigenvalue weighted by molar-refractivity contribution is 0.242. The second-order valence-corrected chi connectivity index (χ2v) is 2.76. The molecule has 0 spiro atoms. The summed E-state index contributed by atoms with van der Waals surface area (Å²) in [6, 6.07) is -0.0726. The van der Waals surface area contributed by atoms with Crippen LogP contribution in [0.2, 0.25) is 0 Å². The minimum absolute atomic E-state index is 0.0726. The lowest BCUT2D eigenvalue weighted by Gasteiger charge is -2.03. The van der Waals surface area contributed by atoms with E-state index in [1.807, 2.05) is 13.2 Å². The Labute approximate surface area is 65.9 Å². The van der Waals surface area contributed by atoms with Crippen molar-refractivity contribution in [3.63, 3.8) is 0 Å². The number of hydrogen-bond acceptors (Lipinski definition) is 2. The van der Waals surface area contributed by atoms with Gasteiger partial charge in [-0.15, -0.1) is 0 Å². The SMILES string of the molecule is CCNC(=O)NCCSC. The largest absolute Gasteiger partial charge is 0.338 e. The van der Waals surface area contributed by atoms with E-state index in [0.717, 1.165) is 12.3 Å². The summed E-state index contributed by atoms with van der Waals surface area (Å²) in [5.41, 5.74) is 0. The molecule has 0 aliphatic heterocycles. The molecule has 0 radical (unpaired) electrons. The quantitative estimate of drug-likeness (QED) is 0.596. The van der Waals surface area contributed by atoms with E-state index in [1.165, 1.54) is 0 Å². The highest BCUT2D eigenvalue weighted by Crippen LogP contribution is 1.86. The molecule has 0 aromatic rings. The molecule has 0 unspecified atom stereocenters. The number of rotatable bonds is 4. The van der Waals surface area contributed by atoms with E-state index >= 15 is 0 Å². The second kappa shape index (κ2) is 6.74. The van der Waals surface area contributed by atoms with Crippen LogP contribution in [0, 0.1) is 0 Å². The summed E-state index contributed by atoms with van der Waals surface area (Å²) in [4.78, 5) is 10.7. The zero-order valence-corrected chi connectivity index (χ0v) is 7.25. The van der Waals surface area contributed by atoms with Gasteiger partial charge in [0.05, 0.1) is 0 Å². The predicted octanol–water partition coefficient (Wildman–Crippen LogP) is 0.668. The normalized spacial score (nSPS) is 9.00. The molecule has 0 bridgehead atoms. The first kappa shape index (κ1) is 9.62. The summed E-state index contributed by atoms with van der Waals surface area (Å²) in [6.07, 6.45) is 2.01. The maximum absolute atomic E-state index is 10.7. The Hall–Kier alpha value is -0.380. The molecule has 0 heterocycles. The summed E-state index contributed by atoms with van der Waals surface area (Å²) in [7, 11) is 0. The van der Waals surface area contributed by atoms with E-state index in [0.29, 0.717) is 6.54 Å². The van der Waals surface area contributed by atoms with Crippen LogP contribution in [0.1, 0.15) is 6.92 Å². The molecule has 0 fully saturated rings. The van der Waals surface area contributed by atoms with Crippen molar-refractivity contribution in [2.75, 3.05) is 25.1 Å². The van der Waals surface area contributed by atoms with Crippen molar-refractivity contribution in [2.24, 2.45) is 0 Å². The Kier molecular flexibility index (Phi) is 6.48. The van der Waals surface area contributed by atoms with Gasteiger partial charge in [0.1, 0.15) is 0 Å². The highest BCUT2D eigenvalue weighted by molar-refractivity contribution is 7.98. The molecule has 0 aromatic carbocycles. The van der Waals surface area contributed by atoms with Crippen molar-refractivity contribution in [3.8, 4) is 0 Å². The summed E-state index contributed by atoms with van der Waals surface area (Å²) in [5.74, 6) is 0.969. The van der Waals surface area contributed by atoms with E-state index < -0.39 is 0 Å². The van der Waals surface area contributed by atoms with Crippen LogP contribution in [0.3, 0.4) is 0 Å². The number of hydrogen-bond donors (Lipinski definition) is 2. The van der Waals surface area contributed by atoms with Crippen LogP contribution >= 0.6 is 11.8 Å². The highest BCUT2D eigenvalue weighted by atomic mass is 32.2. The Bertz CT molecular complexity index is 97.7. The standard InChI is InChI=1S/C6H14N2OS/c1-3-7-6(9)8-4-5-10-2/h3-5H2,1-2H3,(H2,7,8,9). The van der Waals surface area contributed by atoms with Crippen molar-refractivity contribution >= 4 is 17.8 Å². The minimum Gasteiger partial charge on any atom is -0.338 e. The number of carbonyl (C=O) groups is 1. The number of urea groups is 1. The summed E-state index contributed by atoms with van der Waals surface area (Å²) >= 11 is 1.72. The van der Waals surface area contributed by atoms with Crippen LogP contribution in [0.5, 0.6) is 0 Å². The smallest absolute Gasteiger partial charge is 0.314 e. The summed E-state index contributed by atoms with van der Waals surface area (Å²) in [6.45, 7) is 3.33. The molecule has 0 saturated carbocycles. The lowest BCUT2D eigenvalue weighted by Crippen LogP contribution is -2.36. The molecular formula is C6H14N2OS. The van der Waals surface area contributed by atoms with Gasteiger partial charge in [0.15, 0.2) is 0 Å². The number of thioether (sulfide) groups is 1. The third-order valence-corrected chi connectivity index (χ3v) is 1.54. The van der Waals surface area contributed by atoms with Crippen molar-refractivity contribution in [2.45, 2.75) is 6.92 Å². The summed E-state index contributed by atoms with van der Waals surface area (Å²) in [5, 5.41) is 5.36. The lowest BCUT2D eigenvalue weighted by atomic mass is 10.7. The van der Waals surface area contributed by atoms with E-state index in [9.17, 15) is 4.79 Å². The number of carbonyl (C=O) groups excluding carboxylic acids is 1. The molecule has 4 heteroatoms. The molecule has 0 aliphatic carbocycles. The van der Waals surface area contributed by atoms with Crippen LogP contribution in [0.25, 0.3) is 0 Å².